The van der Waals surface area contributed by atoms with Crippen molar-refractivity contribution in [1.29, 1.82) is 0 Å². The Hall–Kier alpha value is -0.430. The number of hydrogen-bond donors (Lipinski definition) is 1. The molecule has 0 saturated carbocycles. The van der Waals surface area contributed by atoms with Crippen molar-refractivity contribution in [3.63, 3.8) is 0 Å². The monoisotopic (exact) mass is 286 g/mol. The molecule has 0 aromatic carbocycles. The van der Waals surface area contributed by atoms with Gasteiger partial charge in [0.15, 0.2) is 0 Å². The summed E-state index contributed by atoms with van der Waals surface area (Å²) < 4.78 is 27.1. The maximum Gasteiger partial charge on any atom is 0.252 e. The number of fused-ring (bicyclic) bond motifs is 1. The van der Waals surface area contributed by atoms with Crippen molar-refractivity contribution in [1.82, 2.24) is 9.62 Å². The first-order valence-electron chi connectivity index (χ1n) is 6.50. The summed E-state index contributed by atoms with van der Waals surface area (Å²) in [4.78, 5) is 1.25. The lowest BCUT2D eigenvalue weighted by Crippen LogP contribution is -2.27. The van der Waals surface area contributed by atoms with E-state index < -0.39 is 10.0 Å². The molecule has 1 aromatic heterocycles. The highest BCUT2D eigenvalue weighted by molar-refractivity contribution is 7.91. The average Bonchev–Trinajstić information content (AvgIpc) is 2.96. The van der Waals surface area contributed by atoms with Crippen LogP contribution in [0.25, 0.3) is 0 Å². The first-order valence-corrected chi connectivity index (χ1v) is 8.76. The minimum absolute atomic E-state index is 0.552. The molecule has 100 valence electrons. The third-order valence-corrected chi connectivity index (χ3v) is 7.22. The predicted molar refractivity (Wildman–Crippen MR) is 72.6 cm³/mol. The molecule has 1 fully saturated rings. The topological polar surface area (TPSA) is 49.4 Å². The van der Waals surface area contributed by atoms with Gasteiger partial charge in [-0.15, -0.1) is 11.3 Å². The standard InChI is InChI=1S/C12H18N2O2S2/c15-18(16,14-7-1-2-8-14)12-9-10-3-5-13-6-4-11(10)17-12/h9,13H,1-8H2. The maximum absolute atomic E-state index is 12.5. The summed E-state index contributed by atoms with van der Waals surface area (Å²) in [7, 11) is -3.21. The molecule has 0 spiro atoms. The highest BCUT2D eigenvalue weighted by Crippen LogP contribution is 2.31. The van der Waals surface area contributed by atoms with E-state index in [1.165, 1.54) is 21.8 Å². The van der Waals surface area contributed by atoms with E-state index in [1.54, 1.807) is 4.31 Å². The highest BCUT2D eigenvalue weighted by atomic mass is 32.2. The summed E-state index contributed by atoms with van der Waals surface area (Å²) in [6, 6.07) is 1.90. The Morgan fingerprint density at radius 3 is 2.67 bits per heavy atom. The van der Waals surface area contributed by atoms with Gasteiger partial charge in [0.1, 0.15) is 4.21 Å². The quantitative estimate of drug-likeness (QED) is 0.889. The molecule has 2 aliphatic heterocycles. The zero-order valence-electron chi connectivity index (χ0n) is 10.3. The molecule has 4 nitrogen and oxygen atoms in total. The minimum atomic E-state index is -3.21. The van der Waals surface area contributed by atoms with Crippen LogP contribution in [0.1, 0.15) is 23.3 Å². The van der Waals surface area contributed by atoms with Crippen LogP contribution in [0.3, 0.4) is 0 Å². The van der Waals surface area contributed by atoms with Crippen LogP contribution in [0.4, 0.5) is 0 Å². The van der Waals surface area contributed by atoms with Crippen molar-refractivity contribution >= 4 is 21.4 Å². The fourth-order valence-corrected chi connectivity index (χ4v) is 5.86. The molecule has 1 N–H and O–H groups in total. The smallest absolute Gasteiger partial charge is 0.252 e. The lowest BCUT2D eigenvalue weighted by Gasteiger charge is -2.13. The molecule has 18 heavy (non-hydrogen) atoms. The first kappa shape index (κ1) is 12.6. The zero-order valence-corrected chi connectivity index (χ0v) is 11.9. The molecule has 6 heteroatoms. The zero-order chi connectivity index (χ0) is 12.6. The minimum Gasteiger partial charge on any atom is -0.316 e. The van der Waals surface area contributed by atoms with Crippen LogP contribution in [-0.2, 0) is 22.9 Å². The Kier molecular flexibility index (Phi) is 3.44. The molecule has 0 radical (unpaired) electrons. The molecule has 0 bridgehead atoms. The second-order valence-electron chi connectivity index (χ2n) is 4.88. The fourth-order valence-electron chi connectivity index (χ4n) is 2.60. The van der Waals surface area contributed by atoms with Gasteiger partial charge in [-0.3, -0.25) is 0 Å². The van der Waals surface area contributed by atoms with Crippen molar-refractivity contribution in [2.45, 2.75) is 29.9 Å². The van der Waals surface area contributed by atoms with E-state index in [4.69, 9.17) is 0 Å². The number of sulfonamides is 1. The average molecular weight is 286 g/mol. The number of nitrogens with zero attached hydrogens (tertiary/aromatic N) is 1. The van der Waals surface area contributed by atoms with E-state index in [0.717, 1.165) is 38.8 Å². The van der Waals surface area contributed by atoms with E-state index in [0.29, 0.717) is 17.3 Å². The molecule has 0 atom stereocenters. The second-order valence-corrected chi connectivity index (χ2v) is 8.18. The van der Waals surface area contributed by atoms with E-state index >= 15 is 0 Å². The Bertz CT molecular complexity index is 507. The van der Waals surface area contributed by atoms with E-state index in [-0.39, 0.29) is 0 Å². The number of rotatable bonds is 2. The van der Waals surface area contributed by atoms with Gasteiger partial charge in [0.05, 0.1) is 0 Å². The second kappa shape index (κ2) is 4.92. The highest BCUT2D eigenvalue weighted by Gasteiger charge is 2.29. The maximum atomic E-state index is 12.5. The SMILES string of the molecule is O=S(=O)(c1cc2c(s1)CCNCC2)N1CCCC1. The van der Waals surface area contributed by atoms with E-state index in [2.05, 4.69) is 5.32 Å². The Morgan fingerprint density at radius 2 is 1.89 bits per heavy atom. The predicted octanol–water partition coefficient (Wildman–Crippen LogP) is 1.22. The van der Waals surface area contributed by atoms with Crippen LogP contribution < -0.4 is 5.32 Å². The molecule has 3 rings (SSSR count). The van der Waals surface area contributed by atoms with Crippen molar-refractivity contribution in [3.05, 3.63) is 16.5 Å². The van der Waals surface area contributed by atoms with Gasteiger partial charge in [-0.05, 0) is 50.4 Å². The normalized spacial score (nSPS) is 21.8. The molecule has 2 aliphatic rings. The van der Waals surface area contributed by atoms with Gasteiger partial charge >= 0.3 is 0 Å². The molecule has 3 heterocycles. The largest absolute Gasteiger partial charge is 0.316 e. The summed E-state index contributed by atoms with van der Waals surface area (Å²) in [5, 5.41) is 3.34. The van der Waals surface area contributed by atoms with Crippen LogP contribution in [-0.4, -0.2) is 38.9 Å². The summed E-state index contributed by atoms with van der Waals surface area (Å²) in [6.45, 7) is 3.28. The van der Waals surface area contributed by atoms with Crippen LogP contribution in [0.15, 0.2) is 10.3 Å². The Balaban J connectivity index is 1.92. The summed E-state index contributed by atoms with van der Waals surface area (Å²) in [6.07, 6.45) is 3.89. The summed E-state index contributed by atoms with van der Waals surface area (Å²) in [5.74, 6) is 0. The number of nitrogens with one attached hydrogen (secondary N) is 1. The molecule has 0 unspecified atom stereocenters. The summed E-state index contributed by atoms with van der Waals surface area (Å²) in [5.41, 5.74) is 1.22. The lowest BCUT2D eigenvalue weighted by atomic mass is 10.2. The van der Waals surface area contributed by atoms with Crippen molar-refractivity contribution < 1.29 is 8.42 Å². The van der Waals surface area contributed by atoms with Gasteiger partial charge in [0.2, 0.25) is 0 Å². The first-order chi connectivity index (χ1) is 8.68. The fraction of sp³-hybridized carbons (Fsp3) is 0.667. The van der Waals surface area contributed by atoms with Crippen molar-refractivity contribution in [2.24, 2.45) is 0 Å². The molecular weight excluding hydrogens is 268 g/mol. The molecule has 1 saturated heterocycles. The van der Waals surface area contributed by atoms with Gasteiger partial charge in [0, 0.05) is 18.0 Å². The molecular formula is C12H18N2O2S2. The van der Waals surface area contributed by atoms with Crippen molar-refractivity contribution in [2.75, 3.05) is 26.2 Å². The van der Waals surface area contributed by atoms with Crippen LogP contribution >= 0.6 is 11.3 Å². The third kappa shape index (κ3) is 2.22. The third-order valence-electron chi connectivity index (χ3n) is 3.63. The number of thiophene rings is 1. The van der Waals surface area contributed by atoms with Gasteiger partial charge < -0.3 is 5.32 Å². The van der Waals surface area contributed by atoms with Gasteiger partial charge in [0.25, 0.3) is 10.0 Å². The Morgan fingerprint density at radius 1 is 1.17 bits per heavy atom. The van der Waals surface area contributed by atoms with Gasteiger partial charge in [-0.1, -0.05) is 0 Å². The van der Waals surface area contributed by atoms with E-state index in [9.17, 15) is 8.42 Å². The van der Waals surface area contributed by atoms with E-state index in [1.807, 2.05) is 6.07 Å². The summed E-state index contributed by atoms with van der Waals surface area (Å²) >= 11 is 1.47. The van der Waals surface area contributed by atoms with Gasteiger partial charge in [-0.25, -0.2) is 8.42 Å². The molecule has 0 aliphatic carbocycles. The Labute approximate surface area is 112 Å². The van der Waals surface area contributed by atoms with Gasteiger partial charge in [-0.2, -0.15) is 4.31 Å². The number of hydrogen-bond acceptors (Lipinski definition) is 4. The van der Waals surface area contributed by atoms with Crippen LogP contribution in [0, 0.1) is 0 Å². The lowest BCUT2D eigenvalue weighted by molar-refractivity contribution is 0.479. The molecule has 1 aromatic rings. The van der Waals surface area contributed by atoms with Crippen LogP contribution in [0.2, 0.25) is 0 Å². The van der Waals surface area contributed by atoms with Crippen LogP contribution in [0.5, 0.6) is 0 Å². The molecule has 0 amide bonds. The van der Waals surface area contributed by atoms with Crippen molar-refractivity contribution in [3.8, 4) is 0 Å².